The fourth-order valence-electron chi connectivity index (χ4n) is 6.68. The highest BCUT2D eigenvalue weighted by Crippen LogP contribution is 2.45. The normalized spacial score (nSPS) is 19.9. The van der Waals surface area contributed by atoms with Crippen molar-refractivity contribution in [1.82, 2.24) is 4.90 Å². The molecule has 2 aliphatic rings. The molecule has 1 aliphatic carbocycles. The van der Waals surface area contributed by atoms with Crippen molar-refractivity contribution >= 4 is 20.2 Å². The smallest absolute Gasteiger partial charge is 0.329 e. The molecule has 0 bridgehead atoms. The van der Waals surface area contributed by atoms with Crippen LogP contribution in [0.25, 0.3) is 0 Å². The Labute approximate surface area is 303 Å². The minimum atomic E-state index is -2.16. The van der Waals surface area contributed by atoms with Gasteiger partial charge in [-0.3, -0.25) is 4.79 Å². The lowest BCUT2D eigenvalue weighted by Crippen LogP contribution is -2.51. The number of hydrogen-bond acceptors (Lipinski definition) is 8. The van der Waals surface area contributed by atoms with Crippen LogP contribution in [0.4, 0.5) is 0 Å². The van der Waals surface area contributed by atoms with Crippen LogP contribution in [0.2, 0.25) is 18.1 Å². The Morgan fingerprint density at radius 1 is 0.960 bits per heavy atom. The Morgan fingerprint density at radius 3 is 2.22 bits per heavy atom. The molecule has 10 heteroatoms. The molecule has 0 spiro atoms. The lowest BCUT2D eigenvalue weighted by Gasteiger charge is -2.40. The van der Waals surface area contributed by atoms with Gasteiger partial charge in [-0.1, -0.05) is 59.1 Å². The van der Waals surface area contributed by atoms with Gasteiger partial charge in [-0.15, -0.1) is 13.2 Å². The third kappa shape index (κ3) is 10.8. The first-order chi connectivity index (χ1) is 23.7. The van der Waals surface area contributed by atoms with Crippen LogP contribution in [0.3, 0.4) is 0 Å². The molecule has 1 aromatic carbocycles. The molecule has 3 rings (SSSR count). The summed E-state index contributed by atoms with van der Waals surface area (Å²) in [6.45, 7) is 24.0. The molecule has 0 aromatic heterocycles. The van der Waals surface area contributed by atoms with Gasteiger partial charge in [0.25, 0.3) is 0 Å². The van der Waals surface area contributed by atoms with Crippen LogP contribution < -0.4 is 14.2 Å². The highest BCUT2D eigenvalue weighted by atomic mass is 28.4. The van der Waals surface area contributed by atoms with E-state index in [1.165, 1.54) is 0 Å². The highest BCUT2D eigenvalue weighted by Gasteiger charge is 2.42. The molecule has 1 saturated carbocycles. The molecule has 0 radical (unpaired) electrons. The van der Waals surface area contributed by atoms with Gasteiger partial charge in [0.1, 0.15) is 24.9 Å². The van der Waals surface area contributed by atoms with E-state index in [-0.39, 0.29) is 47.6 Å². The number of ether oxygens (including phenoxy) is 5. The van der Waals surface area contributed by atoms with E-state index in [4.69, 9.17) is 28.1 Å². The molecule has 0 unspecified atom stereocenters. The number of rotatable bonds is 18. The SMILES string of the molecule is C=CCOC[C@@H](COc1cc([C@@H](C(=O)N2CCCC[C@H]2C(=O)O[C@H](C)[C@H](C)C=C)C2CCCCC2)cc(OC)c1OC)O[Si](C)(C)C(C)(C)C. The average Bonchev–Trinajstić information content (AvgIpc) is 3.09. The summed E-state index contributed by atoms with van der Waals surface area (Å²) in [6.07, 6.45) is 10.3. The maximum atomic E-state index is 14.9. The Bertz CT molecular complexity index is 1270. The number of amides is 1. The summed E-state index contributed by atoms with van der Waals surface area (Å²) in [6, 6.07) is 3.21. The van der Waals surface area contributed by atoms with E-state index in [9.17, 15) is 9.59 Å². The van der Waals surface area contributed by atoms with E-state index in [1.807, 2.05) is 26.0 Å². The first-order valence-electron chi connectivity index (χ1n) is 18.6. The van der Waals surface area contributed by atoms with E-state index in [0.29, 0.717) is 43.4 Å². The van der Waals surface area contributed by atoms with Crippen LogP contribution in [0, 0.1) is 11.8 Å². The van der Waals surface area contributed by atoms with Gasteiger partial charge < -0.3 is 33.0 Å². The Morgan fingerprint density at radius 2 is 1.62 bits per heavy atom. The van der Waals surface area contributed by atoms with Crippen molar-refractivity contribution in [2.24, 2.45) is 11.8 Å². The Hall–Kier alpha value is -2.82. The number of carbonyl (C=O) groups is 2. The lowest BCUT2D eigenvalue weighted by molar-refractivity contribution is -0.163. The zero-order chi connectivity index (χ0) is 37.1. The maximum Gasteiger partial charge on any atom is 0.329 e. The molecule has 1 saturated heterocycles. The third-order valence-electron chi connectivity index (χ3n) is 10.9. The van der Waals surface area contributed by atoms with Crippen molar-refractivity contribution < 1.29 is 37.7 Å². The molecule has 1 amide bonds. The van der Waals surface area contributed by atoms with E-state index in [1.54, 1.807) is 31.3 Å². The summed E-state index contributed by atoms with van der Waals surface area (Å²) in [5.74, 6) is 0.668. The quantitative estimate of drug-likeness (QED) is 0.0647. The standard InChI is InChI=1S/C40H65NO8Si/c1-12-23-46-26-32(49-50(10,11)40(5,6)7)27-47-35-25-31(24-34(44-8)37(35)45-9)36(30-19-15-14-16-20-30)38(42)41-22-18-17-21-33(41)39(43)48-29(4)28(3)13-2/h12-13,24-25,28-30,32-33,36H,1-2,14-23,26-27H2,3-11H3/t28-,29-,32+,33+,36+/m1/s1. The van der Waals surface area contributed by atoms with Crippen molar-refractivity contribution in [3.8, 4) is 17.2 Å². The molecule has 282 valence electrons. The van der Waals surface area contributed by atoms with Gasteiger partial charge in [0, 0.05) is 12.5 Å². The van der Waals surface area contributed by atoms with Crippen LogP contribution in [-0.2, 0) is 23.5 Å². The molecule has 0 N–H and O–H groups in total. The van der Waals surface area contributed by atoms with Gasteiger partial charge >= 0.3 is 5.97 Å². The molecule has 2 fully saturated rings. The molecule has 1 heterocycles. The second kappa shape index (κ2) is 19.1. The number of piperidine rings is 1. The molecule has 50 heavy (non-hydrogen) atoms. The average molecular weight is 716 g/mol. The molecule has 5 atom stereocenters. The Balaban J connectivity index is 2.02. The number of benzene rings is 1. The number of methoxy groups -OCH3 is 2. The molecular weight excluding hydrogens is 651 g/mol. The minimum Gasteiger partial charge on any atom is -0.493 e. The monoisotopic (exact) mass is 715 g/mol. The van der Waals surface area contributed by atoms with Crippen LogP contribution in [0.15, 0.2) is 37.4 Å². The van der Waals surface area contributed by atoms with Gasteiger partial charge in [-0.25, -0.2) is 4.79 Å². The number of carbonyl (C=O) groups excluding carboxylic acids is 2. The first-order valence-corrected chi connectivity index (χ1v) is 21.5. The topological polar surface area (TPSA) is 92.8 Å². The summed E-state index contributed by atoms with van der Waals surface area (Å²) in [5.41, 5.74) is 0.797. The predicted molar refractivity (Wildman–Crippen MR) is 202 cm³/mol. The van der Waals surface area contributed by atoms with E-state index in [2.05, 4.69) is 47.0 Å². The van der Waals surface area contributed by atoms with Crippen molar-refractivity contribution in [3.63, 3.8) is 0 Å². The second-order valence-corrected chi connectivity index (χ2v) is 20.3. The maximum absolute atomic E-state index is 14.9. The zero-order valence-electron chi connectivity index (χ0n) is 32.4. The van der Waals surface area contributed by atoms with Crippen LogP contribution in [-0.4, -0.2) is 83.9 Å². The number of hydrogen-bond donors (Lipinski definition) is 0. The summed E-state index contributed by atoms with van der Waals surface area (Å²) in [4.78, 5) is 30.2. The van der Waals surface area contributed by atoms with E-state index in [0.717, 1.165) is 50.5 Å². The number of likely N-dealkylation sites (tertiary alicyclic amines) is 1. The Kier molecular flexibility index (Phi) is 15.9. The first kappa shape index (κ1) is 41.6. The fraction of sp³-hybridized carbons (Fsp3) is 0.700. The van der Waals surface area contributed by atoms with Crippen molar-refractivity contribution in [2.75, 3.05) is 40.6 Å². The van der Waals surface area contributed by atoms with Gasteiger partial charge in [-0.2, -0.15) is 0 Å². The van der Waals surface area contributed by atoms with Gasteiger partial charge in [-0.05, 0) is 80.8 Å². The van der Waals surface area contributed by atoms with Crippen LogP contribution in [0.1, 0.15) is 97.5 Å². The minimum absolute atomic E-state index is 0.00122. The molecule has 9 nitrogen and oxygen atoms in total. The number of esters is 1. The molecule has 1 aromatic rings. The van der Waals surface area contributed by atoms with Gasteiger partial charge in [0.2, 0.25) is 11.7 Å². The van der Waals surface area contributed by atoms with Crippen molar-refractivity contribution in [1.29, 1.82) is 0 Å². The van der Waals surface area contributed by atoms with Gasteiger partial charge in [0.05, 0.1) is 33.4 Å². The summed E-state index contributed by atoms with van der Waals surface area (Å²) >= 11 is 0. The number of nitrogens with zero attached hydrogens (tertiary/aromatic N) is 1. The highest BCUT2D eigenvalue weighted by molar-refractivity contribution is 6.74. The summed E-state index contributed by atoms with van der Waals surface area (Å²) in [7, 11) is 1.02. The fourth-order valence-corrected chi connectivity index (χ4v) is 8.00. The molecular formula is C40H65NO8Si. The van der Waals surface area contributed by atoms with E-state index < -0.39 is 20.3 Å². The van der Waals surface area contributed by atoms with Crippen LogP contribution in [0.5, 0.6) is 17.2 Å². The largest absolute Gasteiger partial charge is 0.493 e. The molecule has 1 aliphatic heterocycles. The predicted octanol–water partition coefficient (Wildman–Crippen LogP) is 8.47. The van der Waals surface area contributed by atoms with Crippen molar-refractivity contribution in [3.05, 3.63) is 43.0 Å². The van der Waals surface area contributed by atoms with E-state index >= 15 is 0 Å². The summed E-state index contributed by atoms with van der Waals surface area (Å²) < 4.78 is 36.7. The summed E-state index contributed by atoms with van der Waals surface area (Å²) in [5, 5.41) is -0.00122. The zero-order valence-corrected chi connectivity index (χ0v) is 33.4. The lowest BCUT2D eigenvalue weighted by atomic mass is 9.75. The van der Waals surface area contributed by atoms with Gasteiger partial charge in [0.15, 0.2) is 19.8 Å². The third-order valence-corrected chi connectivity index (χ3v) is 15.5. The van der Waals surface area contributed by atoms with Crippen LogP contribution >= 0.6 is 0 Å². The second-order valence-electron chi connectivity index (χ2n) is 15.5. The van der Waals surface area contributed by atoms with Crippen molar-refractivity contribution in [2.45, 2.75) is 128 Å².